The van der Waals surface area contributed by atoms with E-state index in [-0.39, 0.29) is 336 Å². The van der Waals surface area contributed by atoms with Crippen LogP contribution >= 0.6 is 0 Å². The number of aromatic carboxylic acids is 1. The average molecular weight is 1940 g/mol. The topological polar surface area (TPSA) is 511 Å². The van der Waals surface area contributed by atoms with E-state index in [9.17, 15) is 33.6 Å². The predicted octanol–water partition coefficient (Wildman–Crippen LogP) is 0.523. The number of hydrogen-bond donors (Lipinski definition) is 8. The number of aryl methyl sites for hydroxylation is 2. The summed E-state index contributed by atoms with van der Waals surface area (Å²) in [6, 6.07) is 57.1. The second-order valence-corrected chi connectivity index (χ2v) is 31.6. The molecular weight excluding hydrogens is 1840 g/mol. The summed E-state index contributed by atoms with van der Waals surface area (Å²) >= 11 is 0. The van der Waals surface area contributed by atoms with Crippen molar-refractivity contribution in [2.45, 2.75) is 145 Å². The maximum atomic E-state index is 12.0. The van der Waals surface area contributed by atoms with Crippen molar-refractivity contribution in [2.75, 3.05) is 32.3 Å². The molecule has 15 aromatic rings. The van der Waals surface area contributed by atoms with E-state index in [2.05, 4.69) is 267 Å². The van der Waals surface area contributed by atoms with E-state index < -0.39 is 23.7 Å². The molecule has 0 radical (unpaired) electrons. The van der Waals surface area contributed by atoms with Gasteiger partial charge < -0.3 is 65.8 Å². The molecular formula is C94H96K5N22O13-5. The molecule has 10 heterocycles. The Hall–Kier alpha value is -8.18. The monoisotopic (exact) mass is 1940 g/mol. The van der Waals surface area contributed by atoms with Gasteiger partial charge in [-0.15, -0.1) is 91.6 Å². The Bertz CT molecular complexity index is 5570. The van der Waals surface area contributed by atoms with Crippen molar-refractivity contribution in [3.05, 3.63) is 355 Å². The fourth-order valence-corrected chi connectivity index (χ4v) is 8.94. The minimum atomic E-state index is -1.29. The van der Waals surface area contributed by atoms with Gasteiger partial charge in [0.2, 0.25) is 0 Å². The van der Waals surface area contributed by atoms with Crippen molar-refractivity contribution >= 4 is 75.7 Å². The Kier molecular flexibility index (Phi) is 59.2. The molecule has 0 spiro atoms. The number of rotatable bonds is 12. The van der Waals surface area contributed by atoms with Gasteiger partial charge in [-0.1, -0.05) is 132 Å². The number of nitrogens with zero attached hydrogens (tertiary/aromatic N) is 15. The van der Waals surface area contributed by atoms with E-state index >= 15 is 0 Å². The number of amides is 6. The first kappa shape index (κ1) is 124. The fourth-order valence-electron chi connectivity index (χ4n) is 8.94. The van der Waals surface area contributed by atoms with E-state index in [1.165, 1.54) is 55.8 Å². The van der Waals surface area contributed by atoms with Gasteiger partial charge in [0.05, 0.1) is 23.8 Å². The van der Waals surface area contributed by atoms with Gasteiger partial charge in [-0.05, 0) is 69.7 Å². The molecule has 0 aliphatic rings. The van der Waals surface area contributed by atoms with Crippen LogP contribution in [0.15, 0.2) is 236 Å². The van der Waals surface area contributed by atoms with Crippen molar-refractivity contribution in [3.8, 4) is 0 Å². The van der Waals surface area contributed by atoms with E-state index in [1.807, 2.05) is 6.92 Å². The molecule has 10 N–H and O–H groups in total. The molecule has 5 aromatic carbocycles. The maximum Gasteiger partial charge on any atom is 1.00 e. The molecule has 0 saturated carbocycles. The Labute approximate surface area is 991 Å². The molecule has 0 saturated heterocycles. The summed E-state index contributed by atoms with van der Waals surface area (Å²) in [6.45, 7) is 34.5. The van der Waals surface area contributed by atoms with Gasteiger partial charge in [-0.2, -0.15) is 121 Å². The van der Waals surface area contributed by atoms with Gasteiger partial charge in [-0.3, -0.25) is 38.7 Å². The van der Waals surface area contributed by atoms with Crippen molar-refractivity contribution < 1.29 is 318 Å². The molecule has 0 bridgehead atoms. The van der Waals surface area contributed by atoms with Crippen LogP contribution in [0.2, 0.25) is 0 Å². The third kappa shape index (κ3) is 47.7. The average Bonchev–Trinajstić information content (AvgIpc) is 1.61. The Morgan fingerprint density at radius 2 is 0.582 bits per heavy atom. The number of benzene rings is 5. The SMILES string of the molecule is CC(C)(C)c1c[c-]no1.CC(C)(C)c1c[c-]no1.CC(C)(C)c1c[c-]no1.CC(C)(C)c1c[c-]no1.CC(C)(C)c1c[c-]no1.Cc1cnc(C(=O)Nc2cc[c-]cc2)c(C(=O)O)n1.Cc1cnc(C(=O)Nc2cc[c-]cc2)cn1.NC(=O)c1nccnc1C(=O)Nc1cc[c-]cc1.Nc1nccnc1C(=O)Nc1cc[c-]cc1.O=C(Nc1cc[c-]cc1)c1cnccn1.[K+].[K+].[K+].[K+].[K+]. The van der Waals surface area contributed by atoms with Crippen molar-refractivity contribution in [2.24, 2.45) is 5.73 Å². The first-order valence-corrected chi connectivity index (χ1v) is 39.0. The number of primary amides is 1. The third-order valence-electron chi connectivity index (χ3n) is 15.7. The number of carbonyl (C=O) groups is 7. The second kappa shape index (κ2) is 64.1. The molecule has 134 heavy (non-hydrogen) atoms. The summed E-state index contributed by atoms with van der Waals surface area (Å²) in [5, 5.41) is 39.7. The fraction of sp³-hybridized carbons (Fsp3) is 0.234. The number of nitrogens with two attached hydrogens (primary N) is 2. The van der Waals surface area contributed by atoms with Gasteiger partial charge in [-0.25, -0.2) is 70.4 Å². The zero-order chi connectivity index (χ0) is 94.6. The number of carbonyl (C=O) groups excluding carboxylic acids is 6. The molecule has 670 valence electrons. The summed E-state index contributed by atoms with van der Waals surface area (Å²) in [6.07, 6.45) is 27.4. The molecule has 0 unspecified atom stereocenters. The quantitative estimate of drug-likeness (QED) is 0.0610. The van der Waals surface area contributed by atoms with E-state index in [0.29, 0.717) is 45.5 Å². The smallest absolute Gasteiger partial charge is 0.476 e. The van der Waals surface area contributed by atoms with Gasteiger partial charge in [0.1, 0.15) is 11.4 Å². The Morgan fingerprint density at radius 1 is 0.313 bits per heavy atom. The summed E-state index contributed by atoms with van der Waals surface area (Å²) < 4.78 is 24.5. The first-order valence-electron chi connectivity index (χ1n) is 39.0. The zero-order valence-electron chi connectivity index (χ0n) is 78.9. The number of nitrogens with one attached hydrogen (secondary N) is 5. The first-order chi connectivity index (χ1) is 61.2. The second-order valence-electron chi connectivity index (χ2n) is 31.6. The molecule has 35 nitrogen and oxygen atoms in total. The molecule has 40 heteroatoms. The van der Waals surface area contributed by atoms with Crippen molar-refractivity contribution in [1.82, 2.24) is 75.6 Å². The van der Waals surface area contributed by atoms with Gasteiger partial charge in [0, 0.05) is 49.6 Å². The Balaban J connectivity index is 0.000000751. The molecule has 10 aromatic heterocycles. The number of carboxylic acid groups (broad SMARTS) is 1. The number of aromatic nitrogens is 15. The minimum absolute atomic E-state index is 0. The van der Waals surface area contributed by atoms with E-state index in [1.54, 1.807) is 165 Å². The van der Waals surface area contributed by atoms with Crippen LogP contribution in [0.5, 0.6) is 0 Å². The summed E-state index contributed by atoms with van der Waals surface area (Å²) in [5.41, 5.74) is 15.3. The van der Waals surface area contributed by atoms with Crippen LogP contribution in [0.4, 0.5) is 34.3 Å². The third-order valence-corrected chi connectivity index (χ3v) is 15.7. The number of carboxylic acids is 1. The maximum absolute atomic E-state index is 12.0. The van der Waals surface area contributed by atoms with Crippen molar-refractivity contribution in [3.63, 3.8) is 0 Å². The van der Waals surface area contributed by atoms with E-state index in [4.69, 9.17) is 39.2 Å². The summed E-state index contributed by atoms with van der Waals surface area (Å²) in [5.74, 6) is 0.349. The number of hydrogen-bond acceptors (Lipinski definition) is 28. The summed E-state index contributed by atoms with van der Waals surface area (Å²) in [4.78, 5) is 120. The zero-order valence-corrected chi connectivity index (χ0v) is 94.5. The normalized spacial score (nSPS) is 10.1. The van der Waals surface area contributed by atoms with Gasteiger partial charge >= 0.3 is 263 Å². The number of anilines is 6. The molecule has 0 aliphatic heterocycles. The van der Waals surface area contributed by atoms with Crippen LogP contribution in [0.3, 0.4) is 0 Å². The van der Waals surface area contributed by atoms with E-state index in [0.717, 1.165) is 34.5 Å². The van der Waals surface area contributed by atoms with Crippen LogP contribution in [-0.4, -0.2) is 122 Å². The minimum Gasteiger partial charge on any atom is -0.476 e. The largest absolute Gasteiger partial charge is 1.00 e. The van der Waals surface area contributed by atoms with Crippen LogP contribution in [-0.2, 0) is 27.1 Å². The van der Waals surface area contributed by atoms with Crippen molar-refractivity contribution in [1.29, 1.82) is 0 Å². The molecule has 0 aliphatic carbocycles. The van der Waals surface area contributed by atoms with Crippen LogP contribution in [0, 0.1) is 75.2 Å². The van der Waals surface area contributed by atoms with Crippen LogP contribution in [0.1, 0.15) is 217 Å². The summed E-state index contributed by atoms with van der Waals surface area (Å²) in [7, 11) is 0. The Morgan fingerprint density at radius 3 is 0.836 bits per heavy atom. The molecule has 0 fully saturated rings. The molecule has 6 amide bonds. The predicted molar refractivity (Wildman–Crippen MR) is 476 cm³/mol. The van der Waals surface area contributed by atoms with Crippen LogP contribution in [0.25, 0.3) is 0 Å². The van der Waals surface area contributed by atoms with Crippen LogP contribution < -0.4 is 295 Å². The van der Waals surface area contributed by atoms with Gasteiger partial charge in [0.25, 0.3) is 35.4 Å². The molecule has 0 atom stereocenters. The standard InChI is InChI=1S/C13H10N3O3.C12H9N4O2.C12H10N3O.C11H9N4O.C11H8N3O.5C7H10NO.5K/c1-8-7-14-10(11(15-8)13(18)19)12(17)16-9-5-3-2-4-6-9;13-11(17)9-10(15-7-6-14-9)12(18)16-8-4-2-1-3-5-8;1-9-7-14-11(8-13-9)12(16)15-10-5-3-2-4-6-10;12-10-9(13-6-7-14-10)11(16)15-8-4-2-1-3-5-8;15-11(10-8-12-6-7-13-10)14-9-4-2-1-3-5-9;5*1-7(2,3)6-4-5-8-9-6;;;;;/h3-7H,1H3,(H,16,17)(H,18,19);2-7H,(H2,13,17)(H,16,18);3-8H,1H3,(H,15,16);2-7H,(H2,12,14)(H,15,16);2-8H,(H,14,15);5*4H,1-3H3;;;;;/q10*-1;5*+1. The number of nitrogen functional groups attached to an aromatic ring is 1. The van der Waals surface area contributed by atoms with Gasteiger partial charge in [0.15, 0.2) is 34.3 Å². The molecule has 15 rings (SSSR count).